The Morgan fingerprint density at radius 1 is 0.564 bits per heavy atom. The van der Waals surface area contributed by atoms with Crippen LogP contribution in [-0.2, 0) is 28.5 Å². The second-order valence-corrected chi connectivity index (χ2v) is 12.0. The molecule has 2 aliphatic heterocycles. The Morgan fingerprint density at radius 2 is 0.923 bits per heavy atom. The number of hydrogen-bond acceptors (Lipinski definition) is 6. The molecule has 6 heteroatoms. The van der Waals surface area contributed by atoms with Gasteiger partial charge in [0.15, 0.2) is 12.2 Å². The molecule has 0 spiro atoms. The lowest BCUT2D eigenvalue weighted by molar-refractivity contribution is -0.159. The highest BCUT2D eigenvalue weighted by Gasteiger charge is 2.47. The van der Waals surface area contributed by atoms with Gasteiger partial charge in [0.1, 0.15) is 12.7 Å². The van der Waals surface area contributed by atoms with Crippen LogP contribution in [0.3, 0.4) is 0 Å². The Morgan fingerprint density at radius 3 is 1.33 bits per heavy atom. The Labute approximate surface area is 239 Å². The van der Waals surface area contributed by atoms with Crippen LogP contribution in [0.15, 0.2) is 0 Å². The van der Waals surface area contributed by atoms with E-state index in [1.54, 1.807) is 6.92 Å². The summed E-state index contributed by atoms with van der Waals surface area (Å²) in [6.07, 6.45) is 26.5. The van der Waals surface area contributed by atoms with Crippen molar-refractivity contribution in [2.24, 2.45) is 0 Å². The third-order valence-corrected chi connectivity index (χ3v) is 8.09. The molecule has 2 aliphatic rings. The van der Waals surface area contributed by atoms with Crippen LogP contribution in [-0.4, -0.2) is 49.1 Å². The molecule has 2 heterocycles. The van der Waals surface area contributed by atoms with Crippen LogP contribution in [0, 0.1) is 0 Å². The SMILES string of the molecule is CCCCCCCCCCCCC1OC1C(=O)OCC(C)OC(=O)C1OC1CCCCCCCCCCCC. The van der Waals surface area contributed by atoms with E-state index in [4.69, 9.17) is 18.9 Å². The minimum atomic E-state index is -0.484. The van der Waals surface area contributed by atoms with Crippen molar-refractivity contribution < 1.29 is 28.5 Å². The summed E-state index contributed by atoms with van der Waals surface area (Å²) in [5.74, 6) is -0.673. The average molecular weight is 553 g/mol. The highest BCUT2D eigenvalue weighted by molar-refractivity contribution is 5.79. The summed E-state index contributed by atoms with van der Waals surface area (Å²) in [6.45, 7) is 6.32. The third-order valence-electron chi connectivity index (χ3n) is 8.09. The van der Waals surface area contributed by atoms with Gasteiger partial charge in [-0.15, -0.1) is 0 Å². The van der Waals surface area contributed by atoms with Gasteiger partial charge in [-0.05, 0) is 19.8 Å². The van der Waals surface area contributed by atoms with Crippen molar-refractivity contribution in [1.82, 2.24) is 0 Å². The Kier molecular flexibility index (Phi) is 18.9. The van der Waals surface area contributed by atoms with Gasteiger partial charge in [-0.1, -0.05) is 142 Å². The first-order chi connectivity index (χ1) is 19.1. The van der Waals surface area contributed by atoms with Crippen LogP contribution >= 0.6 is 0 Å². The monoisotopic (exact) mass is 552 g/mol. The molecule has 0 N–H and O–H groups in total. The minimum Gasteiger partial charge on any atom is -0.460 e. The first-order valence-electron chi connectivity index (χ1n) is 16.7. The van der Waals surface area contributed by atoms with Crippen LogP contribution in [0.4, 0.5) is 0 Å². The zero-order valence-electron chi connectivity index (χ0n) is 25.6. The summed E-state index contributed by atoms with van der Waals surface area (Å²) in [6, 6.07) is 0. The lowest BCUT2D eigenvalue weighted by Crippen LogP contribution is -2.27. The molecular weight excluding hydrogens is 492 g/mol. The fourth-order valence-corrected chi connectivity index (χ4v) is 5.39. The fourth-order valence-electron chi connectivity index (χ4n) is 5.39. The van der Waals surface area contributed by atoms with Crippen molar-refractivity contribution in [3.63, 3.8) is 0 Å². The summed E-state index contributed by atoms with van der Waals surface area (Å²) in [7, 11) is 0. The predicted molar refractivity (Wildman–Crippen MR) is 157 cm³/mol. The Hall–Kier alpha value is -1.14. The molecule has 5 atom stereocenters. The third kappa shape index (κ3) is 16.7. The quantitative estimate of drug-likeness (QED) is 0.0577. The van der Waals surface area contributed by atoms with Crippen molar-refractivity contribution >= 4 is 11.9 Å². The van der Waals surface area contributed by atoms with Gasteiger partial charge in [-0.2, -0.15) is 0 Å². The molecule has 0 aliphatic carbocycles. The van der Waals surface area contributed by atoms with E-state index in [1.807, 2.05) is 0 Å². The summed E-state index contributed by atoms with van der Waals surface area (Å²) >= 11 is 0. The van der Waals surface area contributed by atoms with Crippen molar-refractivity contribution in [1.29, 1.82) is 0 Å². The molecule has 0 aromatic heterocycles. The topological polar surface area (TPSA) is 77.7 Å². The second-order valence-electron chi connectivity index (χ2n) is 12.0. The summed E-state index contributed by atoms with van der Waals surface area (Å²) < 4.78 is 21.8. The van der Waals surface area contributed by atoms with Gasteiger partial charge in [0.25, 0.3) is 0 Å². The van der Waals surface area contributed by atoms with E-state index in [2.05, 4.69) is 13.8 Å². The molecule has 0 radical (unpaired) electrons. The Balaban J connectivity index is 1.38. The molecule has 39 heavy (non-hydrogen) atoms. The maximum absolute atomic E-state index is 12.3. The molecule has 0 saturated carbocycles. The van der Waals surface area contributed by atoms with Crippen LogP contribution in [0.2, 0.25) is 0 Å². The van der Waals surface area contributed by atoms with E-state index < -0.39 is 18.3 Å². The minimum absolute atomic E-state index is 0.00387. The first kappa shape index (κ1) is 34.1. The molecular formula is C33H60O6. The summed E-state index contributed by atoms with van der Waals surface area (Å²) in [4.78, 5) is 24.6. The molecule has 2 rings (SSSR count). The number of carbonyl (C=O) groups is 2. The van der Waals surface area contributed by atoms with Gasteiger partial charge in [0.05, 0.1) is 12.2 Å². The molecule has 0 amide bonds. The van der Waals surface area contributed by atoms with Gasteiger partial charge < -0.3 is 18.9 Å². The zero-order chi connectivity index (χ0) is 28.1. The van der Waals surface area contributed by atoms with Crippen LogP contribution < -0.4 is 0 Å². The number of hydrogen-bond donors (Lipinski definition) is 0. The van der Waals surface area contributed by atoms with Crippen molar-refractivity contribution in [3.05, 3.63) is 0 Å². The first-order valence-corrected chi connectivity index (χ1v) is 16.7. The van der Waals surface area contributed by atoms with E-state index in [1.165, 1.54) is 116 Å². The molecule has 2 saturated heterocycles. The van der Waals surface area contributed by atoms with E-state index in [0.29, 0.717) is 0 Å². The van der Waals surface area contributed by atoms with Gasteiger partial charge in [-0.25, -0.2) is 9.59 Å². The van der Waals surface area contributed by atoms with E-state index in [-0.39, 0.29) is 30.8 Å². The smallest absolute Gasteiger partial charge is 0.338 e. The average Bonchev–Trinajstić information content (AvgIpc) is 3.85. The zero-order valence-corrected chi connectivity index (χ0v) is 25.6. The number of unbranched alkanes of at least 4 members (excludes halogenated alkanes) is 18. The lowest BCUT2D eigenvalue weighted by atomic mass is 10.0. The standard InChI is InChI=1S/C33H60O6/c1-4-6-8-10-12-14-16-18-20-22-24-28-30(38-28)32(34)36-26-27(3)37-33(35)31-29(39-31)25-23-21-19-17-15-13-11-9-7-5-2/h27-31H,4-26H2,1-3H3. The van der Waals surface area contributed by atoms with Crippen LogP contribution in [0.25, 0.3) is 0 Å². The van der Waals surface area contributed by atoms with Crippen molar-refractivity contribution in [2.75, 3.05) is 6.61 Å². The fraction of sp³-hybridized carbons (Fsp3) is 0.939. The van der Waals surface area contributed by atoms with E-state index >= 15 is 0 Å². The number of carbonyl (C=O) groups excluding carboxylic acids is 2. The normalized spacial score (nSPS) is 22.4. The lowest BCUT2D eigenvalue weighted by Gasteiger charge is -2.12. The van der Waals surface area contributed by atoms with Crippen molar-refractivity contribution in [2.45, 2.75) is 193 Å². The molecule has 0 aromatic carbocycles. The van der Waals surface area contributed by atoms with Gasteiger partial charge >= 0.3 is 11.9 Å². The van der Waals surface area contributed by atoms with Gasteiger partial charge in [0.2, 0.25) is 0 Å². The number of esters is 2. The number of ether oxygens (including phenoxy) is 4. The van der Waals surface area contributed by atoms with Gasteiger partial charge in [-0.3, -0.25) is 0 Å². The van der Waals surface area contributed by atoms with Crippen LogP contribution in [0.5, 0.6) is 0 Å². The molecule has 0 bridgehead atoms. The Bertz CT molecular complexity index is 638. The molecule has 0 aromatic rings. The maximum atomic E-state index is 12.3. The molecule has 228 valence electrons. The van der Waals surface area contributed by atoms with Crippen molar-refractivity contribution in [3.8, 4) is 0 Å². The van der Waals surface area contributed by atoms with E-state index in [9.17, 15) is 9.59 Å². The summed E-state index contributed by atoms with van der Waals surface area (Å²) in [5.41, 5.74) is 0. The number of rotatable bonds is 27. The highest BCUT2D eigenvalue weighted by atomic mass is 16.7. The van der Waals surface area contributed by atoms with Crippen LogP contribution in [0.1, 0.15) is 162 Å². The maximum Gasteiger partial charge on any atom is 0.338 e. The molecule has 6 nitrogen and oxygen atoms in total. The highest BCUT2D eigenvalue weighted by Crippen LogP contribution is 2.30. The van der Waals surface area contributed by atoms with E-state index in [0.717, 1.165) is 25.7 Å². The number of epoxide rings is 2. The largest absolute Gasteiger partial charge is 0.460 e. The molecule has 2 fully saturated rings. The predicted octanol–water partition coefficient (Wildman–Crippen LogP) is 8.62. The molecule has 5 unspecified atom stereocenters. The summed E-state index contributed by atoms with van der Waals surface area (Å²) in [5, 5.41) is 0. The second kappa shape index (κ2) is 21.6. The van der Waals surface area contributed by atoms with Gasteiger partial charge in [0, 0.05) is 0 Å².